The lowest BCUT2D eigenvalue weighted by atomic mass is 10.1. The fraction of sp³-hybridized carbons (Fsp3) is 0.300. The number of hydrogen-bond acceptors (Lipinski definition) is 2. The highest BCUT2D eigenvalue weighted by atomic mass is 16.2. The summed E-state index contributed by atoms with van der Waals surface area (Å²) in [6, 6.07) is 13.1. The number of anilines is 2. The topological polar surface area (TPSA) is 70.2 Å². The second-order valence-electron chi connectivity index (χ2n) is 6.41. The molecule has 0 aliphatic heterocycles. The molecule has 3 amide bonds. The number of amides is 3. The fourth-order valence-electron chi connectivity index (χ4n) is 2.27. The van der Waals surface area contributed by atoms with Crippen molar-refractivity contribution >= 4 is 23.3 Å². The number of nitrogens with one attached hydrogen (secondary N) is 3. The minimum absolute atomic E-state index is 0.0567. The van der Waals surface area contributed by atoms with Crippen molar-refractivity contribution in [2.45, 2.75) is 34.2 Å². The Bertz CT molecular complexity index is 769. The summed E-state index contributed by atoms with van der Waals surface area (Å²) in [6.07, 6.45) is 0. The number of carbonyl (C=O) groups is 2. The molecular weight excluding hydrogens is 314 g/mol. The van der Waals surface area contributed by atoms with Gasteiger partial charge in [0.25, 0.3) is 0 Å². The minimum atomic E-state index is -0.279. The lowest BCUT2D eigenvalue weighted by molar-refractivity contribution is -0.118. The summed E-state index contributed by atoms with van der Waals surface area (Å²) in [4.78, 5) is 24.0. The summed E-state index contributed by atoms with van der Waals surface area (Å²) < 4.78 is 0. The van der Waals surface area contributed by atoms with E-state index >= 15 is 0 Å². The number of aryl methyl sites for hydroxylation is 2. The van der Waals surface area contributed by atoms with Gasteiger partial charge in [0.2, 0.25) is 5.91 Å². The maximum atomic E-state index is 12.2. The van der Waals surface area contributed by atoms with Gasteiger partial charge in [0.1, 0.15) is 0 Å². The van der Waals surface area contributed by atoms with Gasteiger partial charge in [0.05, 0.1) is 0 Å². The van der Waals surface area contributed by atoms with Crippen molar-refractivity contribution in [2.24, 2.45) is 5.92 Å². The standard InChI is InChI=1S/C20H25N3O2/c1-13(2)19(24)22-17-10-9-15(4)18(11-17)23-20(25)21-12-16-8-6-5-7-14(16)3/h5-11,13H,12H2,1-4H3,(H,22,24)(H2,21,23,25). The third-order valence-corrected chi connectivity index (χ3v) is 3.98. The van der Waals surface area contributed by atoms with E-state index in [9.17, 15) is 9.59 Å². The van der Waals surface area contributed by atoms with Crippen LogP contribution in [0.4, 0.5) is 16.2 Å². The van der Waals surface area contributed by atoms with Gasteiger partial charge in [-0.1, -0.05) is 44.2 Å². The number of urea groups is 1. The van der Waals surface area contributed by atoms with E-state index in [1.807, 2.05) is 64.1 Å². The summed E-state index contributed by atoms with van der Waals surface area (Å²) in [5.41, 5.74) is 4.47. The van der Waals surface area contributed by atoms with Crippen molar-refractivity contribution in [3.8, 4) is 0 Å². The lowest BCUT2D eigenvalue weighted by Gasteiger charge is -2.13. The molecule has 0 unspecified atom stereocenters. The van der Waals surface area contributed by atoms with Crippen molar-refractivity contribution in [1.29, 1.82) is 0 Å². The van der Waals surface area contributed by atoms with Gasteiger partial charge in [-0.25, -0.2) is 4.79 Å². The van der Waals surface area contributed by atoms with E-state index in [1.54, 1.807) is 6.07 Å². The molecule has 0 bridgehead atoms. The molecule has 0 radical (unpaired) electrons. The molecule has 132 valence electrons. The van der Waals surface area contributed by atoms with Crippen LogP contribution in [0.3, 0.4) is 0 Å². The van der Waals surface area contributed by atoms with E-state index < -0.39 is 0 Å². The molecule has 5 heteroatoms. The zero-order valence-corrected chi connectivity index (χ0v) is 15.1. The lowest BCUT2D eigenvalue weighted by Crippen LogP contribution is -2.28. The SMILES string of the molecule is Cc1ccccc1CNC(=O)Nc1cc(NC(=O)C(C)C)ccc1C. The second kappa shape index (κ2) is 8.33. The highest BCUT2D eigenvalue weighted by molar-refractivity contribution is 5.94. The van der Waals surface area contributed by atoms with E-state index in [4.69, 9.17) is 0 Å². The summed E-state index contributed by atoms with van der Waals surface area (Å²) in [5, 5.41) is 8.53. The molecule has 3 N–H and O–H groups in total. The molecule has 2 rings (SSSR count). The Balaban J connectivity index is 2.00. The normalized spacial score (nSPS) is 10.4. The smallest absolute Gasteiger partial charge is 0.319 e. The predicted octanol–water partition coefficient (Wildman–Crippen LogP) is 4.22. The van der Waals surface area contributed by atoms with Gasteiger partial charge in [-0.15, -0.1) is 0 Å². The highest BCUT2D eigenvalue weighted by Gasteiger charge is 2.10. The van der Waals surface area contributed by atoms with E-state index in [2.05, 4.69) is 16.0 Å². The molecular formula is C20H25N3O2. The monoisotopic (exact) mass is 339 g/mol. The molecule has 0 saturated carbocycles. The third kappa shape index (κ3) is 5.35. The minimum Gasteiger partial charge on any atom is -0.334 e. The molecule has 0 atom stereocenters. The molecule has 0 aliphatic carbocycles. The average Bonchev–Trinajstić information content (AvgIpc) is 2.57. The van der Waals surface area contributed by atoms with Crippen molar-refractivity contribution in [1.82, 2.24) is 5.32 Å². The number of hydrogen-bond donors (Lipinski definition) is 3. The predicted molar refractivity (Wildman–Crippen MR) is 102 cm³/mol. The van der Waals surface area contributed by atoms with Crippen LogP contribution in [0.15, 0.2) is 42.5 Å². The van der Waals surface area contributed by atoms with Gasteiger partial charge in [-0.05, 0) is 42.7 Å². The Morgan fingerprint density at radius 3 is 2.36 bits per heavy atom. The van der Waals surface area contributed by atoms with E-state index in [0.717, 1.165) is 16.7 Å². The van der Waals surface area contributed by atoms with Gasteiger partial charge in [-0.2, -0.15) is 0 Å². The first-order chi connectivity index (χ1) is 11.9. The Morgan fingerprint density at radius 1 is 0.960 bits per heavy atom. The van der Waals surface area contributed by atoms with E-state index in [1.165, 1.54) is 0 Å². The highest BCUT2D eigenvalue weighted by Crippen LogP contribution is 2.21. The summed E-state index contributed by atoms with van der Waals surface area (Å²) in [6.45, 7) is 8.05. The quantitative estimate of drug-likeness (QED) is 0.763. The van der Waals surface area contributed by atoms with Crippen LogP contribution < -0.4 is 16.0 Å². The van der Waals surface area contributed by atoms with Crippen LogP contribution in [0.5, 0.6) is 0 Å². The van der Waals surface area contributed by atoms with E-state index in [-0.39, 0.29) is 17.9 Å². The van der Waals surface area contributed by atoms with Crippen molar-refractivity contribution in [3.63, 3.8) is 0 Å². The second-order valence-corrected chi connectivity index (χ2v) is 6.41. The Labute approximate surface area is 148 Å². The van der Waals surface area contributed by atoms with Crippen LogP contribution in [0.25, 0.3) is 0 Å². The van der Waals surface area contributed by atoms with Crippen molar-refractivity contribution in [3.05, 3.63) is 59.2 Å². The molecule has 2 aromatic carbocycles. The van der Waals surface area contributed by atoms with Crippen LogP contribution in [0, 0.1) is 19.8 Å². The molecule has 5 nitrogen and oxygen atoms in total. The van der Waals surface area contributed by atoms with Crippen LogP contribution in [0.2, 0.25) is 0 Å². The number of carbonyl (C=O) groups excluding carboxylic acids is 2. The molecule has 0 aliphatic rings. The first-order valence-electron chi connectivity index (χ1n) is 8.37. The van der Waals surface area contributed by atoms with Crippen molar-refractivity contribution in [2.75, 3.05) is 10.6 Å². The molecule has 0 heterocycles. The van der Waals surface area contributed by atoms with Gasteiger partial charge < -0.3 is 16.0 Å². The van der Waals surface area contributed by atoms with Gasteiger partial charge in [-0.3, -0.25) is 4.79 Å². The molecule has 2 aromatic rings. The maximum Gasteiger partial charge on any atom is 0.319 e. The van der Waals surface area contributed by atoms with Gasteiger partial charge >= 0.3 is 6.03 Å². The van der Waals surface area contributed by atoms with Gasteiger partial charge in [0.15, 0.2) is 0 Å². The first kappa shape index (κ1) is 18.5. The molecule has 0 spiro atoms. The van der Waals surface area contributed by atoms with Crippen LogP contribution >= 0.6 is 0 Å². The third-order valence-electron chi connectivity index (χ3n) is 3.98. The Morgan fingerprint density at radius 2 is 1.68 bits per heavy atom. The zero-order chi connectivity index (χ0) is 18.4. The molecule has 0 fully saturated rings. The Hall–Kier alpha value is -2.82. The Kier molecular flexibility index (Phi) is 6.17. The first-order valence-corrected chi connectivity index (χ1v) is 8.37. The van der Waals surface area contributed by atoms with E-state index in [0.29, 0.717) is 17.9 Å². The summed E-state index contributed by atoms with van der Waals surface area (Å²) in [7, 11) is 0. The average molecular weight is 339 g/mol. The van der Waals surface area contributed by atoms with Crippen LogP contribution in [-0.2, 0) is 11.3 Å². The summed E-state index contributed by atoms with van der Waals surface area (Å²) >= 11 is 0. The van der Waals surface area contributed by atoms with Crippen LogP contribution in [0.1, 0.15) is 30.5 Å². The molecule has 0 saturated heterocycles. The number of rotatable bonds is 5. The number of benzene rings is 2. The van der Waals surface area contributed by atoms with Crippen molar-refractivity contribution < 1.29 is 9.59 Å². The maximum absolute atomic E-state index is 12.2. The largest absolute Gasteiger partial charge is 0.334 e. The van der Waals surface area contributed by atoms with Crippen LogP contribution in [-0.4, -0.2) is 11.9 Å². The fourth-order valence-corrected chi connectivity index (χ4v) is 2.27. The molecule has 0 aromatic heterocycles. The summed E-state index contributed by atoms with van der Waals surface area (Å²) in [5.74, 6) is -0.158. The van der Waals surface area contributed by atoms with Gasteiger partial charge in [0, 0.05) is 23.8 Å². The zero-order valence-electron chi connectivity index (χ0n) is 15.1. The molecule has 25 heavy (non-hydrogen) atoms.